The summed E-state index contributed by atoms with van der Waals surface area (Å²) in [4.78, 5) is 13.9. The van der Waals surface area contributed by atoms with Crippen molar-refractivity contribution in [2.75, 3.05) is 19.0 Å². The second-order valence-electron chi connectivity index (χ2n) is 5.35. The second kappa shape index (κ2) is 7.92. The second-order valence-corrected chi connectivity index (χ2v) is 5.79. The van der Waals surface area contributed by atoms with E-state index in [9.17, 15) is 4.79 Å². The van der Waals surface area contributed by atoms with Gasteiger partial charge in [0.2, 0.25) is 0 Å². The molecule has 3 aromatic rings. The van der Waals surface area contributed by atoms with E-state index < -0.39 is 0 Å². The summed E-state index contributed by atoms with van der Waals surface area (Å²) in [5.41, 5.74) is 2.70. The van der Waals surface area contributed by atoms with Gasteiger partial charge in [0.05, 0.1) is 18.5 Å². The van der Waals surface area contributed by atoms with Gasteiger partial charge in [-0.05, 0) is 42.3 Å². The van der Waals surface area contributed by atoms with Crippen LogP contribution >= 0.6 is 11.6 Å². The molecule has 0 fully saturated rings. The Morgan fingerprint density at radius 3 is 2.72 bits per heavy atom. The topological polar surface area (TPSA) is 69.0 Å². The lowest BCUT2D eigenvalue weighted by molar-refractivity contribution is 0.102. The first-order valence-corrected chi connectivity index (χ1v) is 8.11. The van der Waals surface area contributed by atoms with Crippen LogP contribution in [0.4, 0.5) is 5.69 Å². The smallest absolute Gasteiger partial charge is 0.277 e. The van der Waals surface area contributed by atoms with Crippen LogP contribution in [0.3, 0.4) is 0 Å². The molecule has 7 heteroatoms. The van der Waals surface area contributed by atoms with E-state index in [2.05, 4.69) is 15.5 Å². The molecular weight excluding hydrogens is 340 g/mol. The van der Waals surface area contributed by atoms with Crippen molar-refractivity contribution in [3.05, 3.63) is 71.0 Å². The molecule has 128 valence electrons. The van der Waals surface area contributed by atoms with Gasteiger partial charge in [0, 0.05) is 17.8 Å². The zero-order chi connectivity index (χ0) is 17.6. The average molecular weight is 357 g/mol. The number of amides is 1. The van der Waals surface area contributed by atoms with Gasteiger partial charge in [-0.25, -0.2) is 0 Å². The van der Waals surface area contributed by atoms with Gasteiger partial charge in [-0.3, -0.25) is 4.79 Å². The largest absolute Gasteiger partial charge is 0.384 e. The highest BCUT2D eigenvalue weighted by molar-refractivity contribution is 6.30. The Bertz CT molecular complexity index is 862. The van der Waals surface area contributed by atoms with Crippen LogP contribution in [0.2, 0.25) is 5.02 Å². The third kappa shape index (κ3) is 4.23. The molecule has 6 nitrogen and oxygen atoms in total. The molecule has 1 heterocycles. The number of carbonyl (C=O) groups is 1. The first kappa shape index (κ1) is 17.1. The van der Waals surface area contributed by atoms with Crippen molar-refractivity contribution in [3.63, 3.8) is 0 Å². The van der Waals surface area contributed by atoms with Gasteiger partial charge < -0.3 is 10.1 Å². The summed E-state index contributed by atoms with van der Waals surface area (Å²) in [5.74, 6) is -0.315. The maximum Gasteiger partial charge on any atom is 0.277 e. The molecule has 0 spiro atoms. The van der Waals surface area contributed by atoms with Crippen LogP contribution in [0.1, 0.15) is 16.1 Å². The number of anilines is 1. The van der Waals surface area contributed by atoms with Crippen molar-refractivity contribution >= 4 is 23.2 Å². The lowest BCUT2D eigenvalue weighted by Gasteiger charge is -2.09. The van der Waals surface area contributed by atoms with Crippen LogP contribution in [-0.2, 0) is 11.2 Å². The number of nitrogens with one attached hydrogen (secondary N) is 1. The van der Waals surface area contributed by atoms with E-state index in [1.807, 2.05) is 24.3 Å². The highest BCUT2D eigenvalue weighted by Gasteiger charge is 2.13. The molecule has 1 aromatic heterocycles. The van der Waals surface area contributed by atoms with Gasteiger partial charge in [0.1, 0.15) is 0 Å². The molecule has 0 radical (unpaired) electrons. The first-order chi connectivity index (χ1) is 12.2. The third-order valence-corrected chi connectivity index (χ3v) is 3.88. The van der Waals surface area contributed by atoms with Gasteiger partial charge in [-0.15, -0.1) is 5.10 Å². The highest BCUT2D eigenvalue weighted by Crippen LogP contribution is 2.17. The van der Waals surface area contributed by atoms with E-state index in [4.69, 9.17) is 16.3 Å². The third-order valence-electron chi connectivity index (χ3n) is 3.62. The fraction of sp³-hybridized carbons (Fsp3) is 0.167. The standard InChI is InChI=1S/C18H17ClN4O2/c1-25-11-10-13-4-2-3-5-16(13)21-18(24)17-12-20-23(22-17)15-8-6-14(19)7-9-15/h2-9,12H,10-11H2,1H3,(H,21,24). The van der Waals surface area contributed by atoms with E-state index >= 15 is 0 Å². The van der Waals surface area contributed by atoms with Crippen molar-refractivity contribution in [1.82, 2.24) is 15.0 Å². The molecular formula is C18H17ClN4O2. The summed E-state index contributed by atoms with van der Waals surface area (Å²) in [6.07, 6.45) is 2.14. The predicted molar refractivity (Wildman–Crippen MR) is 96.3 cm³/mol. The fourth-order valence-corrected chi connectivity index (χ4v) is 2.45. The number of methoxy groups -OCH3 is 1. The molecule has 0 atom stereocenters. The monoisotopic (exact) mass is 356 g/mol. The number of hydrogen-bond acceptors (Lipinski definition) is 4. The zero-order valence-electron chi connectivity index (χ0n) is 13.6. The lowest BCUT2D eigenvalue weighted by atomic mass is 10.1. The van der Waals surface area contributed by atoms with Crippen LogP contribution in [0, 0.1) is 0 Å². The molecule has 0 aliphatic rings. The Hall–Kier alpha value is -2.70. The molecule has 0 saturated heterocycles. The van der Waals surface area contributed by atoms with Crippen LogP contribution in [0.5, 0.6) is 0 Å². The molecule has 3 rings (SSSR count). The van der Waals surface area contributed by atoms with Crippen molar-refractivity contribution < 1.29 is 9.53 Å². The first-order valence-electron chi connectivity index (χ1n) is 7.74. The van der Waals surface area contributed by atoms with Gasteiger partial charge in [-0.1, -0.05) is 29.8 Å². The lowest BCUT2D eigenvalue weighted by Crippen LogP contribution is -2.15. The Kier molecular flexibility index (Phi) is 5.42. The molecule has 0 bridgehead atoms. The Labute approximate surface area is 150 Å². The maximum atomic E-state index is 12.5. The number of ether oxygens (including phenoxy) is 1. The molecule has 0 aliphatic heterocycles. The number of carbonyl (C=O) groups excluding carboxylic acids is 1. The van der Waals surface area contributed by atoms with E-state index in [1.165, 1.54) is 11.0 Å². The van der Waals surface area contributed by atoms with Crippen LogP contribution in [-0.4, -0.2) is 34.6 Å². The van der Waals surface area contributed by atoms with Crippen LogP contribution in [0.25, 0.3) is 5.69 Å². The van der Waals surface area contributed by atoms with Crippen LogP contribution in [0.15, 0.2) is 54.7 Å². The summed E-state index contributed by atoms with van der Waals surface area (Å²) < 4.78 is 5.10. The van der Waals surface area contributed by atoms with Crippen molar-refractivity contribution in [2.45, 2.75) is 6.42 Å². The molecule has 0 aliphatic carbocycles. The summed E-state index contributed by atoms with van der Waals surface area (Å²) in [6, 6.07) is 14.7. The molecule has 0 saturated carbocycles. The predicted octanol–water partition coefficient (Wildman–Crippen LogP) is 3.36. The molecule has 1 N–H and O–H groups in total. The van der Waals surface area contributed by atoms with E-state index in [0.717, 1.165) is 16.9 Å². The SMILES string of the molecule is COCCc1ccccc1NC(=O)c1cnn(-c2ccc(Cl)cc2)n1. The molecule has 2 aromatic carbocycles. The Balaban J connectivity index is 1.75. The minimum absolute atomic E-state index is 0.233. The maximum absolute atomic E-state index is 12.5. The number of benzene rings is 2. The fourth-order valence-electron chi connectivity index (χ4n) is 2.32. The highest BCUT2D eigenvalue weighted by atomic mass is 35.5. The van der Waals surface area contributed by atoms with Gasteiger partial charge in [0.25, 0.3) is 5.91 Å². The van der Waals surface area contributed by atoms with E-state index in [1.54, 1.807) is 31.4 Å². The number of aromatic nitrogens is 3. The average Bonchev–Trinajstić information content (AvgIpc) is 3.12. The van der Waals surface area contributed by atoms with Gasteiger partial charge >= 0.3 is 0 Å². The van der Waals surface area contributed by atoms with E-state index in [0.29, 0.717) is 18.1 Å². The number of hydrogen-bond donors (Lipinski definition) is 1. The van der Waals surface area contributed by atoms with Crippen molar-refractivity contribution in [3.8, 4) is 5.69 Å². The van der Waals surface area contributed by atoms with Crippen molar-refractivity contribution in [2.24, 2.45) is 0 Å². The summed E-state index contributed by atoms with van der Waals surface area (Å²) in [5, 5.41) is 11.9. The normalized spacial score (nSPS) is 10.6. The van der Waals surface area contributed by atoms with Gasteiger partial charge in [-0.2, -0.15) is 9.90 Å². The quantitative estimate of drug-likeness (QED) is 0.735. The van der Waals surface area contributed by atoms with Crippen LogP contribution < -0.4 is 5.32 Å². The minimum atomic E-state index is -0.315. The number of nitrogens with zero attached hydrogens (tertiary/aromatic N) is 3. The number of rotatable bonds is 6. The van der Waals surface area contributed by atoms with Gasteiger partial charge in [0.15, 0.2) is 5.69 Å². The summed E-state index contributed by atoms with van der Waals surface area (Å²) >= 11 is 5.87. The molecule has 25 heavy (non-hydrogen) atoms. The minimum Gasteiger partial charge on any atom is -0.384 e. The molecule has 1 amide bonds. The van der Waals surface area contributed by atoms with Crippen molar-refractivity contribution in [1.29, 1.82) is 0 Å². The number of para-hydroxylation sites is 1. The Morgan fingerprint density at radius 2 is 1.96 bits per heavy atom. The number of halogens is 1. The van der Waals surface area contributed by atoms with E-state index in [-0.39, 0.29) is 11.6 Å². The Morgan fingerprint density at radius 1 is 1.20 bits per heavy atom. The molecule has 0 unspecified atom stereocenters. The summed E-state index contributed by atoms with van der Waals surface area (Å²) in [6.45, 7) is 0.583. The summed E-state index contributed by atoms with van der Waals surface area (Å²) in [7, 11) is 1.65. The zero-order valence-corrected chi connectivity index (χ0v) is 14.4.